The molecule has 0 heterocycles. The second kappa shape index (κ2) is 5.84. The summed E-state index contributed by atoms with van der Waals surface area (Å²) in [7, 11) is 0. The fraction of sp³-hybridized carbons (Fsp3) is 0.692. The lowest BCUT2D eigenvalue weighted by Crippen LogP contribution is -2.13. The van der Waals surface area contributed by atoms with Crippen LogP contribution < -0.4 is 0 Å². The molecular formula is C13H20O4. The van der Waals surface area contributed by atoms with Crippen molar-refractivity contribution in [3.05, 3.63) is 12.7 Å². The summed E-state index contributed by atoms with van der Waals surface area (Å²) in [5.41, 5.74) is 0.118. The fourth-order valence-corrected chi connectivity index (χ4v) is 2.23. The molecule has 0 bridgehead atoms. The molecule has 2 atom stereocenters. The first-order chi connectivity index (χ1) is 8.00. The molecule has 0 aromatic heterocycles. The third-order valence-electron chi connectivity index (χ3n) is 3.30. The zero-order valence-electron chi connectivity index (χ0n) is 10.5. The van der Waals surface area contributed by atoms with Gasteiger partial charge < -0.3 is 9.47 Å². The molecule has 0 spiro atoms. The number of esters is 2. The van der Waals surface area contributed by atoms with Crippen LogP contribution in [-0.4, -0.2) is 25.2 Å². The van der Waals surface area contributed by atoms with E-state index >= 15 is 0 Å². The second-order valence-electron chi connectivity index (χ2n) is 4.65. The van der Waals surface area contributed by atoms with Crippen LogP contribution >= 0.6 is 0 Å². The molecular weight excluding hydrogens is 220 g/mol. The van der Waals surface area contributed by atoms with Crippen molar-refractivity contribution < 1.29 is 19.1 Å². The number of carbonyl (C=O) groups is 2. The van der Waals surface area contributed by atoms with Crippen LogP contribution in [0.3, 0.4) is 0 Å². The minimum absolute atomic E-state index is 0.118. The van der Waals surface area contributed by atoms with E-state index in [1.54, 1.807) is 0 Å². The van der Waals surface area contributed by atoms with Crippen molar-refractivity contribution in [2.45, 2.75) is 33.1 Å². The maximum atomic E-state index is 10.7. The van der Waals surface area contributed by atoms with Crippen LogP contribution in [-0.2, 0) is 19.1 Å². The van der Waals surface area contributed by atoms with Gasteiger partial charge in [-0.3, -0.25) is 9.59 Å². The van der Waals surface area contributed by atoms with Crippen LogP contribution in [0.1, 0.15) is 33.1 Å². The van der Waals surface area contributed by atoms with Gasteiger partial charge in [0.1, 0.15) is 0 Å². The Kier molecular flexibility index (Phi) is 4.73. The van der Waals surface area contributed by atoms with Crippen LogP contribution in [0, 0.1) is 11.3 Å². The summed E-state index contributed by atoms with van der Waals surface area (Å²) in [5.74, 6) is -0.125. The van der Waals surface area contributed by atoms with E-state index in [-0.39, 0.29) is 17.4 Å². The first-order valence-electron chi connectivity index (χ1n) is 5.88. The molecule has 0 aromatic rings. The highest BCUT2D eigenvalue weighted by Crippen LogP contribution is 2.58. The quantitative estimate of drug-likeness (QED) is 0.505. The van der Waals surface area contributed by atoms with Crippen molar-refractivity contribution in [1.82, 2.24) is 0 Å². The maximum absolute atomic E-state index is 10.7. The number of ether oxygens (including phenoxy) is 2. The standard InChI is InChI=1S/C13H20O4/c1-4-5-13(6-7-16-10(2)14)8-12(13)9-17-11(3)15/h4,12H,1,5-9H2,2-3H3/t12-,13?/m0/s1. The molecule has 0 radical (unpaired) electrons. The van der Waals surface area contributed by atoms with E-state index in [0.717, 1.165) is 19.3 Å². The number of carbonyl (C=O) groups excluding carboxylic acids is 2. The van der Waals surface area contributed by atoms with Gasteiger partial charge in [0.15, 0.2) is 0 Å². The van der Waals surface area contributed by atoms with E-state index in [1.165, 1.54) is 13.8 Å². The van der Waals surface area contributed by atoms with Crippen molar-refractivity contribution in [2.24, 2.45) is 11.3 Å². The van der Waals surface area contributed by atoms with Crippen LogP contribution in [0.25, 0.3) is 0 Å². The molecule has 4 heteroatoms. The van der Waals surface area contributed by atoms with E-state index < -0.39 is 0 Å². The molecule has 0 N–H and O–H groups in total. The SMILES string of the molecule is C=CCC1(CCOC(C)=O)C[C@H]1COC(C)=O. The molecule has 1 saturated carbocycles. The van der Waals surface area contributed by atoms with E-state index in [0.29, 0.717) is 19.1 Å². The highest BCUT2D eigenvalue weighted by Gasteiger charge is 2.52. The molecule has 1 aliphatic rings. The van der Waals surface area contributed by atoms with E-state index in [4.69, 9.17) is 9.47 Å². The van der Waals surface area contributed by atoms with Crippen molar-refractivity contribution in [3.8, 4) is 0 Å². The normalized spacial score (nSPS) is 26.1. The lowest BCUT2D eigenvalue weighted by atomic mass is 9.95. The highest BCUT2D eigenvalue weighted by atomic mass is 16.5. The van der Waals surface area contributed by atoms with Crippen molar-refractivity contribution in [2.75, 3.05) is 13.2 Å². The van der Waals surface area contributed by atoms with Gasteiger partial charge >= 0.3 is 11.9 Å². The van der Waals surface area contributed by atoms with Gasteiger partial charge in [-0.25, -0.2) is 0 Å². The van der Waals surface area contributed by atoms with Crippen LogP contribution in [0.15, 0.2) is 12.7 Å². The van der Waals surface area contributed by atoms with E-state index in [9.17, 15) is 9.59 Å². The molecule has 1 unspecified atom stereocenters. The summed E-state index contributed by atoms with van der Waals surface area (Å²) in [6, 6.07) is 0. The Hall–Kier alpha value is -1.32. The molecule has 0 aromatic carbocycles. The molecule has 1 aliphatic carbocycles. The summed E-state index contributed by atoms with van der Waals surface area (Å²) >= 11 is 0. The molecule has 17 heavy (non-hydrogen) atoms. The van der Waals surface area contributed by atoms with Gasteiger partial charge in [-0.15, -0.1) is 6.58 Å². The first-order valence-corrected chi connectivity index (χ1v) is 5.88. The summed E-state index contributed by atoms with van der Waals surface area (Å²) in [5, 5.41) is 0. The van der Waals surface area contributed by atoms with Gasteiger partial charge in [-0.2, -0.15) is 0 Å². The Morgan fingerprint density at radius 3 is 2.53 bits per heavy atom. The smallest absolute Gasteiger partial charge is 0.302 e. The van der Waals surface area contributed by atoms with E-state index in [2.05, 4.69) is 6.58 Å². The Morgan fingerprint density at radius 2 is 2.00 bits per heavy atom. The average Bonchev–Trinajstić information content (AvgIpc) is 2.89. The van der Waals surface area contributed by atoms with Crippen LogP contribution in [0.4, 0.5) is 0 Å². The monoisotopic (exact) mass is 240 g/mol. The number of hydrogen-bond donors (Lipinski definition) is 0. The zero-order valence-corrected chi connectivity index (χ0v) is 10.5. The Balaban J connectivity index is 2.36. The predicted octanol–water partition coefficient (Wildman–Crippen LogP) is 2.09. The summed E-state index contributed by atoms with van der Waals surface area (Å²) in [4.78, 5) is 21.4. The van der Waals surface area contributed by atoms with Crippen LogP contribution in [0.2, 0.25) is 0 Å². The van der Waals surface area contributed by atoms with Gasteiger partial charge in [0.25, 0.3) is 0 Å². The third-order valence-corrected chi connectivity index (χ3v) is 3.30. The fourth-order valence-electron chi connectivity index (χ4n) is 2.23. The molecule has 0 amide bonds. The average molecular weight is 240 g/mol. The summed E-state index contributed by atoms with van der Waals surface area (Å²) < 4.78 is 9.97. The van der Waals surface area contributed by atoms with Crippen molar-refractivity contribution in [3.63, 3.8) is 0 Å². The topological polar surface area (TPSA) is 52.6 Å². The largest absolute Gasteiger partial charge is 0.466 e. The van der Waals surface area contributed by atoms with Gasteiger partial charge in [-0.1, -0.05) is 6.08 Å². The van der Waals surface area contributed by atoms with Gasteiger partial charge in [0.05, 0.1) is 13.2 Å². The zero-order chi connectivity index (χ0) is 12.9. The summed E-state index contributed by atoms with van der Waals surface area (Å²) in [6.07, 6.45) is 4.57. The number of rotatable bonds is 7. The molecule has 4 nitrogen and oxygen atoms in total. The number of allylic oxidation sites excluding steroid dienone is 1. The molecule has 1 rings (SSSR count). The third kappa shape index (κ3) is 4.21. The minimum Gasteiger partial charge on any atom is -0.466 e. The van der Waals surface area contributed by atoms with Crippen molar-refractivity contribution >= 4 is 11.9 Å². The summed E-state index contributed by atoms with van der Waals surface area (Å²) in [6.45, 7) is 7.45. The lowest BCUT2D eigenvalue weighted by molar-refractivity contribution is -0.141. The maximum Gasteiger partial charge on any atom is 0.302 e. The van der Waals surface area contributed by atoms with Gasteiger partial charge in [-0.05, 0) is 30.6 Å². The minimum atomic E-state index is -0.254. The highest BCUT2D eigenvalue weighted by molar-refractivity contribution is 5.66. The Morgan fingerprint density at radius 1 is 1.35 bits per heavy atom. The lowest BCUT2D eigenvalue weighted by Gasteiger charge is -2.15. The predicted molar refractivity (Wildman–Crippen MR) is 63.2 cm³/mol. The number of hydrogen-bond acceptors (Lipinski definition) is 4. The van der Waals surface area contributed by atoms with Crippen LogP contribution in [0.5, 0.6) is 0 Å². The molecule has 0 saturated heterocycles. The Labute approximate surface area is 102 Å². The first kappa shape index (κ1) is 13.7. The Bertz CT molecular complexity index is 311. The molecule has 1 fully saturated rings. The van der Waals surface area contributed by atoms with Crippen molar-refractivity contribution in [1.29, 1.82) is 0 Å². The van der Waals surface area contributed by atoms with E-state index in [1.807, 2.05) is 6.08 Å². The van der Waals surface area contributed by atoms with Gasteiger partial charge in [0.2, 0.25) is 0 Å². The molecule has 0 aliphatic heterocycles. The van der Waals surface area contributed by atoms with Gasteiger partial charge in [0, 0.05) is 13.8 Å². The molecule has 96 valence electrons. The second-order valence-corrected chi connectivity index (χ2v) is 4.65.